The van der Waals surface area contributed by atoms with Gasteiger partial charge in [0.1, 0.15) is 11.4 Å². The first-order valence-corrected chi connectivity index (χ1v) is 7.99. The summed E-state index contributed by atoms with van der Waals surface area (Å²) in [6.45, 7) is 3.45. The van der Waals surface area contributed by atoms with Crippen molar-refractivity contribution in [1.29, 1.82) is 0 Å². The van der Waals surface area contributed by atoms with E-state index in [1.54, 1.807) is 35.9 Å². The number of nitrogens with one attached hydrogen (secondary N) is 3. The number of pyridine rings is 2. The van der Waals surface area contributed by atoms with Gasteiger partial charge >= 0.3 is 0 Å². The number of aryl methyl sites for hydroxylation is 1. The van der Waals surface area contributed by atoms with Crippen LogP contribution in [0.25, 0.3) is 0 Å². The zero-order chi connectivity index (χ0) is 17.1. The van der Waals surface area contributed by atoms with E-state index in [0.717, 1.165) is 25.9 Å². The fraction of sp³-hybridized carbons (Fsp3) is 0.353. The average molecular weight is 401 g/mol. The zero-order valence-electron chi connectivity index (χ0n) is 14.3. The Labute approximate surface area is 163 Å². The number of anilines is 1. The van der Waals surface area contributed by atoms with E-state index < -0.39 is 5.91 Å². The molecule has 1 fully saturated rings. The molecule has 0 saturated carbocycles. The second-order valence-electron chi connectivity index (χ2n) is 5.95. The van der Waals surface area contributed by atoms with Gasteiger partial charge in [0.15, 0.2) is 0 Å². The third-order valence-corrected chi connectivity index (χ3v) is 4.27. The fourth-order valence-electron chi connectivity index (χ4n) is 3.00. The lowest BCUT2D eigenvalue weighted by Gasteiger charge is -2.25. The van der Waals surface area contributed by atoms with Crippen molar-refractivity contribution in [2.24, 2.45) is 0 Å². The number of piperidine rings is 1. The molecule has 26 heavy (non-hydrogen) atoms. The van der Waals surface area contributed by atoms with Gasteiger partial charge in [0.2, 0.25) is 5.56 Å². The Hall–Kier alpha value is -2.09. The monoisotopic (exact) mass is 400 g/mol. The maximum Gasteiger partial charge on any atom is 0.263 e. The molecule has 3 heterocycles. The molecule has 142 valence electrons. The molecule has 7 nitrogen and oxygen atoms in total. The molecule has 0 aliphatic carbocycles. The molecule has 0 unspecified atom stereocenters. The number of rotatable bonds is 3. The number of carbonyl (C=O) groups is 1. The molecule has 0 atom stereocenters. The number of hydrogen-bond acceptors (Lipinski definition) is 4. The van der Waals surface area contributed by atoms with Crippen molar-refractivity contribution in [3.05, 3.63) is 62.3 Å². The quantitative estimate of drug-likeness (QED) is 0.732. The van der Waals surface area contributed by atoms with Crippen LogP contribution in [0.5, 0.6) is 0 Å². The maximum absolute atomic E-state index is 12.8. The summed E-state index contributed by atoms with van der Waals surface area (Å²) in [5.41, 5.74) is 0.115. The first-order chi connectivity index (χ1) is 11.6. The molecule has 9 heteroatoms. The van der Waals surface area contributed by atoms with Gasteiger partial charge in [-0.2, -0.15) is 0 Å². The van der Waals surface area contributed by atoms with E-state index >= 15 is 0 Å². The highest BCUT2D eigenvalue weighted by atomic mass is 35.5. The highest BCUT2D eigenvalue weighted by molar-refractivity contribution is 6.04. The van der Waals surface area contributed by atoms with E-state index in [-0.39, 0.29) is 53.4 Å². The fourth-order valence-corrected chi connectivity index (χ4v) is 3.00. The molecule has 3 N–H and O–H groups in total. The van der Waals surface area contributed by atoms with E-state index in [1.807, 2.05) is 0 Å². The minimum absolute atomic E-state index is 0. The number of nitrogens with zero attached hydrogens (tertiary/aromatic N) is 1. The van der Waals surface area contributed by atoms with Crippen molar-refractivity contribution < 1.29 is 4.79 Å². The summed E-state index contributed by atoms with van der Waals surface area (Å²) in [5, 5.41) is 5.85. The van der Waals surface area contributed by atoms with Crippen LogP contribution in [0.3, 0.4) is 0 Å². The lowest BCUT2D eigenvalue weighted by Crippen LogP contribution is -2.37. The topological polar surface area (TPSA) is 96.0 Å². The lowest BCUT2D eigenvalue weighted by molar-refractivity contribution is 0.102. The minimum atomic E-state index is -0.511. The van der Waals surface area contributed by atoms with Crippen LogP contribution in [-0.4, -0.2) is 28.5 Å². The summed E-state index contributed by atoms with van der Waals surface area (Å²) < 4.78 is 1.65. The molecule has 1 aliphatic rings. The van der Waals surface area contributed by atoms with Gasteiger partial charge in [-0.15, -0.1) is 24.8 Å². The Morgan fingerprint density at radius 2 is 1.85 bits per heavy atom. The molecule has 0 spiro atoms. The van der Waals surface area contributed by atoms with Crippen molar-refractivity contribution in [1.82, 2.24) is 14.9 Å². The lowest BCUT2D eigenvalue weighted by atomic mass is 10.0. The van der Waals surface area contributed by atoms with Crippen molar-refractivity contribution >= 4 is 36.5 Å². The normalized spacial score (nSPS) is 14.0. The standard InChI is InChI=1S/C17H20N4O3.2ClH/c1-11-7-10-21(12-5-8-18-9-6-12)17(24)15(11)16(23)20-13-3-2-4-14(22)19-13;;/h2-4,7,10,12,18H,5-6,8-9H2,1H3,(H2,19,20,22,23);2*1H. The smallest absolute Gasteiger partial charge is 0.263 e. The molecular formula is C17H22Cl2N4O3. The van der Waals surface area contributed by atoms with E-state index in [9.17, 15) is 14.4 Å². The summed E-state index contributed by atoms with van der Waals surface area (Å²) in [6.07, 6.45) is 3.47. The van der Waals surface area contributed by atoms with Gasteiger partial charge in [-0.1, -0.05) is 6.07 Å². The van der Waals surface area contributed by atoms with Gasteiger partial charge in [-0.3, -0.25) is 14.4 Å². The second kappa shape index (κ2) is 9.56. The molecule has 3 rings (SSSR count). The number of carbonyl (C=O) groups excluding carboxylic acids is 1. The number of H-pyrrole nitrogens is 1. The van der Waals surface area contributed by atoms with E-state index in [4.69, 9.17) is 0 Å². The van der Waals surface area contributed by atoms with E-state index in [0.29, 0.717) is 5.56 Å². The van der Waals surface area contributed by atoms with E-state index in [1.165, 1.54) is 6.07 Å². The molecule has 1 amide bonds. The average Bonchev–Trinajstić information content (AvgIpc) is 2.56. The predicted octanol–water partition coefficient (Wildman–Crippen LogP) is 1.87. The maximum atomic E-state index is 12.8. The van der Waals surface area contributed by atoms with Gasteiger partial charge in [-0.25, -0.2) is 0 Å². The number of amides is 1. The van der Waals surface area contributed by atoms with Gasteiger partial charge in [0, 0.05) is 18.3 Å². The highest BCUT2D eigenvalue weighted by Crippen LogP contribution is 2.17. The molecule has 1 saturated heterocycles. The Balaban J connectivity index is 0.00000169. The largest absolute Gasteiger partial charge is 0.317 e. The van der Waals surface area contributed by atoms with Gasteiger partial charge in [0.25, 0.3) is 11.5 Å². The SMILES string of the molecule is Cc1ccn(C2CCNCC2)c(=O)c1C(=O)Nc1cccc(=O)[nH]1.Cl.Cl. The van der Waals surface area contributed by atoms with Crippen molar-refractivity contribution in [3.63, 3.8) is 0 Å². The molecule has 2 aromatic rings. The third-order valence-electron chi connectivity index (χ3n) is 4.27. The van der Waals surface area contributed by atoms with Crippen LogP contribution in [0.1, 0.15) is 34.8 Å². The Morgan fingerprint density at radius 3 is 2.50 bits per heavy atom. The van der Waals surface area contributed by atoms with Gasteiger partial charge < -0.3 is 20.2 Å². The molecular weight excluding hydrogens is 379 g/mol. The minimum Gasteiger partial charge on any atom is -0.317 e. The summed E-state index contributed by atoms with van der Waals surface area (Å²) in [7, 11) is 0. The van der Waals surface area contributed by atoms with Crippen LogP contribution in [0.4, 0.5) is 5.82 Å². The Morgan fingerprint density at radius 1 is 1.15 bits per heavy atom. The van der Waals surface area contributed by atoms with Gasteiger partial charge in [0.05, 0.1) is 0 Å². The van der Waals surface area contributed by atoms with Crippen LogP contribution in [0.15, 0.2) is 40.1 Å². The Bertz CT molecular complexity index is 873. The van der Waals surface area contributed by atoms with Crippen molar-refractivity contribution in [2.45, 2.75) is 25.8 Å². The van der Waals surface area contributed by atoms with Crippen LogP contribution in [-0.2, 0) is 0 Å². The summed E-state index contributed by atoms with van der Waals surface area (Å²) in [5.74, 6) is -0.244. The highest BCUT2D eigenvalue weighted by Gasteiger charge is 2.21. The molecule has 1 aliphatic heterocycles. The summed E-state index contributed by atoms with van der Waals surface area (Å²) in [4.78, 5) is 39.2. The van der Waals surface area contributed by atoms with Crippen LogP contribution < -0.4 is 21.8 Å². The van der Waals surface area contributed by atoms with Crippen LogP contribution >= 0.6 is 24.8 Å². The molecule has 2 aromatic heterocycles. The van der Waals surface area contributed by atoms with E-state index in [2.05, 4.69) is 15.6 Å². The molecule has 0 radical (unpaired) electrons. The summed E-state index contributed by atoms with van der Waals surface area (Å²) >= 11 is 0. The van der Waals surface area contributed by atoms with Crippen molar-refractivity contribution in [3.8, 4) is 0 Å². The number of aromatic nitrogens is 2. The van der Waals surface area contributed by atoms with Crippen LogP contribution in [0, 0.1) is 6.92 Å². The zero-order valence-corrected chi connectivity index (χ0v) is 15.9. The Kier molecular flexibility index (Phi) is 8.08. The number of hydrogen-bond donors (Lipinski definition) is 3. The summed E-state index contributed by atoms with van der Waals surface area (Å²) in [6, 6.07) is 6.35. The second-order valence-corrected chi connectivity index (χ2v) is 5.95. The van der Waals surface area contributed by atoms with Gasteiger partial charge in [-0.05, 0) is 50.6 Å². The third kappa shape index (κ3) is 4.75. The first kappa shape index (κ1) is 22.0. The number of aromatic amines is 1. The molecule has 0 aromatic carbocycles. The molecule has 0 bridgehead atoms. The number of halogens is 2. The van der Waals surface area contributed by atoms with Crippen molar-refractivity contribution in [2.75, 3.05) is 18.4 Å². The first-order valence-electron chi connectivity index (χ1n) is 7.99. The van der Waals surface area contributed by atoms with Crippen LogP contribution in [0.2, 0.25) is 0 Å². The predicted molar refractivity (Wildman–Crippen MR) is 106 cm³/mol.